The zero-order valence-corrected chi connectivity index (χ0v) is 17.6. The number of aliphatic hydroxyl groups is 1. The molecule has 4 atom stereocenters. The van der Waals surface area contributed by atoms with Gasteiger partial charge in [0.25, 0.3) is 5.91 Å². The van der Waals surface area contributed by atoms with Crippen LogP contribution in [0.4, 0.5) is 0 Å². The van der Waals surface area contributed by atoms with E-state index in [1.807, 2.05) is 12.1 Å². The highest BCUT2D eigenvalue weighted by Crippen LogP contribution is 2.31. The van der Waals surface area contributed by atoms with Crippen LogP contribution in [0.1, 0.15) is 39.2 Å². The van der Waals surface area contributed by atoms with Gasteiger partial charge in [0.2, 0.25) is 0 Å². The fourth-order valence-corrected chi connectivity index (χ4v) is 3.15. The highest BCUT2D eigenvalue weighted by atomic mass is 16.5. The summed E-state index contributed by atoms with van der Waals surface area (Å²) < 4.78 is 10.7. The number of amides is 1. The van der Waals surface area contributed by atoms with E-state index in [1.54, 1.807) is 13.0 Å². The summed E-state index contributed by atoms with van der Waals surface area (Å²) in [6.45, 7) is 5.48. The summed E-state index contributed by atoms with van der Waals surface area (Å²) >= 11 is 0. The van der Waals surface area contributed by atoms with E-state index in [0.717, 1.165) is 5.56 Å². The minimum atomic E-state index is -0.946. The quantitative estimate of drug-likeness (QED) is 0.386. The standard InChI is InChI=1S/C21H34N2O6/c1-12(2)15(10-16(22)17(24)7-13(3)21(26)27)8-14-5-6-18(28-4)19(9-14)29-11-20(23)25/h5-6,9,12-13,15-17,24H,7-8,10-11,22H2,1-4H3,(H2,23,25)(H,26,27). The third kappa shape index (κ3) is 8.29. The minimum absolute atomic E-state index is 0.120. The number of ether oxygens (including phenoxy) is 2. The molecular weight excluding hydrogens is 376 g/mol. The number of aliphatic hydroxyl groups excluding tert-OH is 1. The second kappa shape index (κ2) is 11.6. The average Bonchev–Trinajstić information content (AvgIpc) is 2.65. The van der Waals surface area contributed by atoms with Crippen LogP contribution in [0.5, 0.6) is 11.5 Å². The fraction of sp³-hybridized carbons (Fsp3) is 0.619. The molecule has 8 nitrogen and oxygen atoms in total. The number of nitrogens with two attached hydrogens (primary N) is 2. The molecule has 0 saturated heterocycles. The zero-order valence-electron chi connectivity index (χ0n) is 17.6. The van der Waals surface area contributed by atoms with Crippen molar-refractivity contribution in [3.8, 4) is 11.5 Å². The summed E-state index contributed by atoms with van der Waals surface area (Å²) in [5.41, 5.74) is 12.3. The van der Waals surface area contributed by atoms with Crippen LogP contribution in [-0.4, -0.2) is 48.0 Å². The molecule has 0 radical (unpaired) electrons. The topological polar surface area (TPSA) is 145 Å². The van der Waals surface area contributed by atoms with Crippen LogP contribution in [0.3, 0.4) is 0 Å². The van der Waals surface area contributed by atoms with E-state index in [1.165, 1.54) is 7.11 Å². The van der Waals surface area contributed by atoms with Gasteiger partial charge >= 0.3 is 5.97 Å². The van der Waals surface area contributed by atoms with Crippen LogP contribution in [-0.2, 0) is 16.0 Å². The van der Waals surface area contributed by atoms with Crippen molar-refractivity contribution in [2.45, 2.75) is 52.2 Å². The van der Waals surface area contributed by atoms with Gasteiger partial charge in [0.15, 0.2) is 18.1 Å². The van der Waals surface area contributed by atoms with Crippen LogP contribution in [0, 0.1) is 17.8 Å². The lowest BCUT2D eigenvalue weighted by molar-refractivity contribution is -0.142. The lowest BCUT2D eigenvalue weighted by atomic mass is 9.82. The Hall–Kier alpha value is -2.32. The highest BCUT2D eigenvalue weighted by Gasteiger charge is 2.26. The number of carboxylic acids is 1. The van der Waals surface area contributed by atoms with Crippen molar-refractivity contribution in [3.05, 3.63) is 23.8 Å². The number of rotatable bonds is 13. The van der Waals surface area contributed by atoms with Crippen molar-refractivity contribution >= 4 is 11.9 Å². The van der Waals surface area contributed by atoms with Gasteiger partial charge in [-0.1, -0.05) is 26.8 Å². The second-order valence-corrected chi connectivity index (χ2v) is 7.89. The van der Waals surface area contributed by atoms with Gasteiger partial charge in [-0.2, -0.15) is 0 Å². The van der Waals surface area contributed by atoms with E-state index >= 15 is 0 Å². The lowest BCUT2D eigenvalue weighted by Gasteiger charge is -2.28. The minimum Gasteiger partial charge on any atom is -0.493 e. The number of carbonyl (C=O) groups excluding carboxylic acids is 1. The molecule has 0 aliphatic carbocycles. The summed E-state index contributed by atoms with van der Waals surface area (Å²) in [5, 5.41) is 19.3. The van der Waals surface area contributed by atoms with Crippen LogP contribution in [0.15, 0.2) is 18.2 Å². The number of primary amides is 1. The number of aliphatic carboxylic acids is 1. The third-order valence-corrected chi connectivity index (χ3v) is 5.12. The molecule has 0 saturated carbocycles. The smallest absolute Gasteiger partial charge is 0.306 e. The fourth-order valence-electron chi connectivity index (χ4n) is 3.15. The first kappa shape index (κ1) is 24.7. The summed E-state index contributed by atoms with van der Waals surface area (Å²) in [4.78, 5) is 22.0. The lowest BCUT2D eigenvalue weighted by Crippen LogP contribution is -2.39. The Morgan fingerprint density at radius 3 is 2.31 bits per heavy atom. The molecule has 164 valence electrons. The van der Waals surface area contributed by atoms with Crippen molar-refractivity contribution in [1.82, 2.24) is 0 Å². The first-order chi connectivity index (χ1) is 13.5. The number of hydrogen-bond donors (Lipinski definition) is 4. The molecule has 0 fully saturated rings. The van der Waals surface area contributed by atoms with Crippen molar-refractivity contribution in [3.63, 3.8) is 0 Å². The van der Waals surface area contributed by atoms with Gasteiger partial charge in [-0.15, -0.1) is 0 Å². The molecule has 1 aromatic carbocycles. The van der Waals surface area contributed by atoms with E-state index in [0.29, 0.717) is 30.3 Å². The third-order valence-electron chi connectivity index (χ3n) is 5.12. The monoisotopic (exact) mass is 410 g/mol. The molecule has 1 aromatic rings. The van der Waals surface area contributed by atoms with Crippen molar-refractivity contribution in [1.29, 1.82) is 0 Å². The average molecular weight is 411 g/mol. The van der Waals surface area contributed by atoms with Gasteiger partial charge in [0, 0.05) is 6.04 Å². The Bertz CT molecular complexity index is 679. The Kier molecular flexibility index (Phi) is 9.91. The summed E-state index contributed by atoms with van der Waals surface area (Å²) in [5.74, 6) is -0.775. The Morgan fingerprint density at radius 1 is 1.14 bits per heavy atom. The number of hydrogen-bond acceptors (Lipinski definition) is 6. The molecule has 0 aliphatic rings. The normalized spacial score (nSPS) is 15.4. The largest absolute Gasteiger partial charge is 0.493 e. The zero-order chi connectivity index (χ0) is 22.1. The predicted molar refractivity (Wildman–Crippen MR) is 110 cm³/mol. The molecule has 0 aromatic heterocycles. The molecule has 0 heterocycles. The molecule has 4 unspecified atom stereocenters. The Morgan fingerprint density at radius 2 is 1.79 bits per heavy atom. The van der Waals surface area contributed by atoms with E-state index in [9.17, 15) is 14.7 Å². The first-order valence-corrected chi connectivity index (χ1v) is 9.79. The maximum absolute atomic E-state index is 11.0. The molecule has 29 heavy (non-hydrogen) atoms. The molecule has 0 aliphatic heterocycles. The van der Waals surface area contributed by atoms with Crippen LogP contribution in [0.25, 0.3) is 0 Å². The summed E-state index contributed by atoms with van der Waals surface area (Å²) in [6, 6.07) is 4.98. The van der Waals surface area contributed by atoms with Crippen LogP contribution >= 0.6 is 0 Å². The summed E-state index contributed by atoms with van der Waals surface area (Å²) in [7, 11) is 1.52. The van der Waals surface area contributed by atoms with Gasteiger partial charge in [0.1, 0.15) is 0 Å². The second-order valence-electron chi connectivity index (χ2n) is 7.89. The predicted octanol–water partition coefficient (Wildman–Crippen LogP) is 1.56. The van der Waals surface area contributed by atoms with E-state index in [-0.39, 0.29) is 18.9 Å². The molecule has 1 amide bonds. The van der Waals surface area contributed by atoms with Gasteiger partial charge < -0.3 is 31.2 Å². The molecule has 6 N–H and O–H groups in total. The van der Waals surface area contributed by atoms with Gasteiger partial charge in [0.05, 0.1) is 19.1 Å². The number of carboxylic acid groups (broad SMARTS) is 1. The van der Waals surface area contributed by atoms with E-state index in [4.69, 9.17) is 26.0 Å². The maximum Gasteiger partial charge on any atom is 0.306 e. The number of methoxy groups -OCH3 is 1. The van der Waals surface area contributed by atoms with Gasteiger partial charge in [-0.3, -0.25) is 9.59 Å². The molecule has 8 heteroatoms. The first-order valence-electron chi connectivity index (χ1n) is 9.79. The summed E-state index contributed by atoms with van der Waals surface area (Å²) in [6.07, 6.45) is 0.473. The Balaban J connectivity index is 2.86. The van der Waals surface area contributed by atoms with Crippen molar-refractivity contribution < 1.29 is 29.3 Å². The highest BCUT2D eigenvalue weighted by molar-refractivity contribution is 5.75. The number of benzene rings is 1. The molecule has 1 rings (SSSR count). The van der Waals surface area contributed by atoms with Crippen LogP contribution in [0.2, 0.25) is 0 Å². The SMILES string of the molecule is COc1ccc(CC(CC(N)C(O)CC(C)C(=O)O)C(C)C)cc1OCC(N)=O. The molecule has 0 spiro atoms. The Labute approximate surface area is 172 Å². The number of carbonyl (C=O) groups is 2. The van der Waals surface area contributed by atoms with E-state index < -0.39 is 29.9 Å². The molecular formula is C21H34N2O6. The maximum atomic E-state index is 11.0. The van der Waals surface area contributed by atoms with Gasteiger partial charge in [-0.25, -0.2) is 0 Å². The van der Waals surface area contributed by atoms with E-state index in [2.05, 4.69) is 13.8 Å². The van der Waals surface area contributed by atoms with Crippen LogP contribution < -0.4 is 20.9 Å². The molecule has 0 bridgehead atoms. The van der Waals surface area contributed by atoms with Crippen molar-refractivity contribution in [2.24, 2.45) is 29.2 Å². The van der Waals surface area contributed by atoms with Gasteiger partial charge in [-0.05, 0) is 48.8 Å². The van der Waals surface area contributed by atoms with Crippen molar-refractivity contribution in [2.75, 3.05) is 13.7 Å².